The molecule has 0 saturated carbocycles. The first-order valence-corrected chi connectivity index (χ1v) is 6.25. The quantitative estimate of drug-likeness (QED) is 0.826. The van der Waals surface area contributed by atoms with Gasteiger partial charge in [0.2, 0.25) is 0 Å². The SMILES string of the molecule is CC=CCOc1c([C@H](C)N)ccc2ccccc12. The molecule has 0 aliphatic rings. The second-order valence-corrected chi connectivity index (χ2v) is 4.37. The first kappa shape index (κ1) is 12.7. The summed E-state index contributed by atoms with van der Waals surface area (Å²) in [6, 6.07) is 12.3. The van der Waals surface area contributed by atoms with Crippen LogP contribution in [-0.2, 0) is 0 Å². The van der Waals surface area contributed by atoms with E-state index in [-0.39, 0.29) is 6.04 Å². The summed E-state index contributed by atoms with van der Waals surface area (Å²) in [4.78, 5) is 0. The molecule has 0 aliphatic heterocycles. The fourth-order valence-electron chi connectivity index (χ4n) is 2.01. The van der Waals surface area contributed by atoms with Gasteiger partial charge in [0.25, 0.3) is 0 Å². The molecule has 1 atom stereocenters. The highest BCUT2D eigenvalue weighted by molar-refractivity contribution is 5.89. The Bertz CT molecular complexity index is 558. The van der Waals surface area contributed by atoms with Gasteiger partial charge in [-0.15, -0.1) is 0 Å². The highest BCUT2D eigenvalue weighted by Crippen LogP contribution is 2.32. The Morgan fingerprint density at radius 3 is 2.72 bits per heavy atom. The summed E-state index contributed by atoms with van der Waals surface area (Å²) in [6.45, 7) is 4.54. The largest absolute Gasteiger partial charge is 0.489 e. The van der Waals surface area contributed by atoms with Crippen LogP contribution in [0.5, 0.6) is 5.75 Å². The molecule has 2 aromatic rings. The average Bonchev–Trinajstić information content (AvgIpc) is 2.38. The van der Waals surface area contributed by atoms with Gasteiger partial charge in [0, 0.05) is 17.0 Å². The molecule has 2 heteroatoms. The molecule has 0 amide bonds. The molecule has 0 fully saturated rings. The van der Waals surface area contributed by atoms with Crippen LogP contribution in [0, 0.1) is 0 Å². The molecule has 94 valence electrons. The lowest BCUT2D eigenvalue weighted by Crippen LogP contribution is -2.08. The third-order valence-corrected chi connectivity index (χ3v) is 2.96. The van der Waals surface area contributed by atoms with Crippen molar-refractivity contribution in [1.82, 2.24) is 0 Å². The van der Waals surface area contributed by atoms with Crippen molar-refractivity contribution in [2.45, 2.75) is 19.9 Å². The minimum Gasteiger partial charge on any atom is -0.489 e. The first-order valence-electron chi connectivity index (χ1n) is 6.25. The Labute approximate surface area is 108 Å². The zero-order valence-corrected chi connectivity index (χ0v) is 10.9. The van der Waals surface area contributed by atoms with Crippen molar-refractivity contribution >= 4 is 10.8 Å². The molecule has 0 heterocycles. The van der Waals surface area contributed by atoms with Crippen LogP contribution in [0.25, 0.3) is 10.8 Å². The van der Waals surface area contributed by atoms with Crippen LogP contribution < -0.4 is 10.5 Å². The van der Waals surface area contributed by atoms with Gasteiger partial charge in [-0.2, -0.15) is 0 Å². The van der Waals surface area contributed by atoms with E-state index >= 15 is 0 Å². The van der Waals surface area contributed by atoms with Gasteiger partial charge in [0.05, 0.1) is 0 Å². The predicted octanol–water partition coefficient (Wildman–Crippen LogP) is 3.81. The van der Waals surface area contributed by atoms with Crippen molar-refractivity contribution in [3.63, 3.8) is 0 Å². The summed E-state index contributed by atoms with van der Waals surface area (Å²) in [7, 11) is 0. The topological polar surface area (TPSA) is 35.2 Å². The summed E-state index contributed by atoms with van der Waals surface area (Å²) in [5.74, 6) is 0.904. The third kappa shape index (κ3) is 2.54. The number of ether oxygens (including phenoxy) is 1. The van der Waals surface area contributed by atoms with Crippen LogP contribution in [0.3, 0.4) is 0 Å². The maximum absolute atomic E-state index is 6.01. The lowest BCUT2D eigenvalue weighted by Gasteiger charge is -2.15. The molecule has 2 aromatic carbocycles. The number of hydrogen-bond acceptors (Lipinski definition) is 2. The van der Waals surface area contributed by atoms with Crippen molar-refractivity contribution in [2.24, 2.45) is 5.73 Å². The Kier molecular flexibility index (Phi) is 4.00. The van der Waals surface area contributed by atoms with Crippen molar-refractivity contribution in [1.29, 1.82) is 0 Å². The number of benzene rings is 2. The average molecular weight is 241 g/mol. The molecular weight excluding hydrogens is 222 g/mol. The van der Waals surface area contributed by atoms with Gasteiger partial charge in [0.1, 0.15) is 12.4 Å². The van der Waals surface area contributed by atoms with E-state index in [0.717, 1.165) is 16.7 Å². The summed E-state index contributed by atoms with van der Waals surface area (Å²) in [5, 5.41) is 2.30. The van der Waals surface area contributed by atoms with E-state index in [9.17, 15) is 0 Å². The van der Waals surface area contributed by atoms with Crippen LogP contribution in [0.4, 0.5) is 0 Å². The van der Waals surface area contributed by atoms with Crippen LogP contribution in [0.1, 0.15) is 25.5 Å². The Morgan fingerprint density at radius 2 is 2.00 bits per heavy atom. The van der Waals surface area contributed by atoms with Crippen LogP contribution >= 0.6 is 0 Å². The van der Waals surface area contributed by atoms with Gasteiger partial charge in [-0.25, -0.2) is 0 Å². The van der Waals surface area contributed by atoms with Gasteiger partial charge in [-0.1, -0.05) is 48.6 Å². The Balaban J connectivity index is 2.51. The third-order valence-electron chi connectivity index (χ3n) is 2.96. The van der Waals surface area contributed by atoms with Crippen molar-refractivity contribution in [3.05, 3.63) is 54.1 Å². The number of rotatable bonds is 4. The monoisotopic (exact) mass is 241 g/mol. The zero-order valence-electron chi connectivity index (χ0n) is 10.9. The van der Waals surface area contributed by atoms with E-state index in [1.807, 2.05) is 38.1 Å². The second kappa shape index (κ2) is 5.69. The summed E-state index contributed by atoms with van der Waals surface area (Å²) in [6.07, 6.45) is 3.98. The van der Waals surface area contributed by atoms with E-state index in [1.54, 1.807) is 0 Å². The molecule has 0 aliphatic carbocycles. The molecule has 2 nitrogen and oxygen atoms in total. The molecule has 0 radical (unpaired) electrons. The highest BCUT2D eigenvalue weighted by Gasteiger charge is 2.11. The van der Waals surface area contributed by atoms with Crippen molar-refractivity contribution in [2.75, 3.05) is 6.61 Å². The highest BCUT2D eigenvalue weighted by atomic mass is 16.5. The summed E-state index contributed by atoms with van der Waals surface area (Å²) in [5.41, 5.74) is 7.07. The molecule has 18 heavy (non-hydrogen) atoms. The van der Waals surface area contributed by atoms with Crippen molar-refractivity contribution < 1.29 is 4.74 Å². The lowest BCUT2D eigenvalue weighted by molar-refractivity contribution is 0.361. The normalized spacial score (nSPS) is 13.1. The van der Waals surface area contributed by atoms with E-state index in [4.69, 9.17) is 10.5 Å². The van der Waals surface area contributed by atoms with Gasteiger partial charge in [0.15, 0.2) is 0 Å². The van der Waals surface area contributed by atoms with Gasteiger partial charge in [-0.3, -0.25) is 0 Å². The minimum atomic E-state index is -0.0322. The van der Waals surface area contributed by atoms with Gasteiger partial charge < -0.3 is 10.5 Å². The summed E-state index contributed by atoms with van der Waals surface area (Å²) >= 11 is 0. The van der Waals surface area contributed by atoms with Crippen LogP contribution in [0.15, 0.2) is 48.6 Å². The summed E-state index contributed by atoms with van der Waals surface area (Å²) < 4.78 is 5.89. The number of allylic oxidation sites excluding steroid dienone is 1. The lowest BCUT2D eigenvalue weighted by atomic mass is 10.0. The molecule has 0 aromatic heterocycles. The number of hydrogen-bond donors (Lipinski definition) is 1. The Morgan fingerprint density at radius 1 is 1.22 bits per heavy atom. The van der Waals surface area contributed by atoms with Gasteiger partial charge >= 0.3 is 0 Å². The fraction of sp³-hybridized carbons (Fsp3) is 0.250. The van der Waals surface area contributed by atoms with E-state index in [0.29, 0.717) is 6.61 Å². The molecule has 0 saturated heterocycles. The second-order valence-electron chi connectivity index (χ2n) is 4.37. The first-order chi connectivity index (χ1) is 8.74. The molecule has 0 bridgehead atoms. The Hall–Kier alpha value is -1.80. The van der Waals surface area contributed by atoms with Crippen LogP contribution in [0.2, 0.25) is 0 Å². The molecule has 2 N–H and O–H groups in total. The predicted molar refractivity (Wildman–Crippen MR) is 76.9 cm³/mol. The molecule has 0 unspecified atom stereocenters. The molecular formula is C16H19NO. The molecule has 2 rings (SSSR count). The minimum absolute atomic E-state index is 0.0322. The smallest absolute Gasteiger partial charge is 0.132 e. The standard InChI is InChI=1S/C16H19NO/c1-3-4-11-18-16-14(12(2)17)10-9-13-7-5-6-8-15(13)16/h3-10,12H,11,17H2,1-2H3/t12-/m0/s1. The zero-order chi connectivity index (χ0) is 13.0. The maximum Gasteiger partial charge on any atom is 0.132 e. The fourth-order valence-corrected chi connectivity index (χ4v) is 2.01. The van der Waals surface area contributed by atoms with E-state index in [1.165, 1.54) is 5.39 Å². The van der Waals surface area contributed by atoms with E-state index < -0.39 is 0 Å². The van der Waals surface area contributed by atoms with Gasteiger partial charge in [-0.05, 0) is 19.2 Å². The van der Waals surface area contributed by atoms with Crippen molar-refractivity contribution in [3.8, 4) is 5.75 Å². The van der Waals surface area contributed by atoms with Crippen LogP contribution in [-0.4, -0.2) is 6.61 Å². The molecule has 0 spiro atoms. The number of fused-ring (bicyclic) bond motifs is 1. The van der Waals surface area contributed by atoms with E-state index in [2.05, 4.69) is 24.3 Å². The maximum atomic E-state index is 6.01. The number of nitrogens with two attached hydrogens (primary N) is 1.